The van der Waals surface area contributed by atoms with Crippen LogP contribution in [-0.4, -0.2) is 47.2 Å². The van der Waals surface area contributed by atoms with Crippen molar-refractivity contribution in [3.05, 3.63) is 66.1 Å². The van der Waals surface area contributed by atoms with Gasteiger partial charge in [0.1, 0.15) is 5.82 Å². The summed E-state index contributed by atoms with van der Waals surface area (Å²) < 4.78 is 13.9. The molecule has 1 aliphatic heterocycles. The first-order valence-electron chi connectivity index (χ1n) is 8.23. The van der Waals surface area contributed by atoms with Gasteiger partial charge in [0.05, 0.1) is 11.2 Å². The molecule has 1 aromatic heterocycles. The number of amides is 1. The van der Waals surface area contributed by atoms with E-state index >= 15 is 0 Å². The van der Waals surface area contributed by atoms with Gasteiger partial charge in [-0.2, -0.15) is 0 Å². The lowest BCUT2D eigenvalue weighted by atomic mass is 10.2. The Morgan fingerprint density at radius 2 is 1.64 bits per heavy atom. The maximum Gasteiger partial charge on any atom is 0.274 e. The van der Waals surface area contributed by atoms with Crippen LogP contribution < -0.4 is 4.90 Å². The van der Waals surface area contributed by atoms with Crippen LogP contribution in [0.15, 0.2) is 54.6 Å². The van der Waals surface area contributed by atoms with Gasteiger partial charge >= 0.3 is 0 Å². The molecule has 0 saturated carbocycles. The molecule has 1 fully saturated rings. The van der Waals surface area contributed by atoms with E-state index in [4.69, 9.17) is 0 Å². The molecule has 1 aliphatic rings. The average Bonchev–Trinajstić information content (AvgIpc) is 2.67. The molecule has 5 nitrogen and oxygen atoms in total. The van der Waals surface area contributed by atoms with E-state index in [9.17, 15) is 9.18 Å². The topological polar surface area (TPSA) is 49.3 Å². The van der Waals surface area contributed by atoms with Crippen molar-refractivity contribution in [2.45, 2.75) is 0 Å². The lowest BCUT2D eigenvalue weighted by Crippen LogP contribution is -2.49. The Bertz CT molecular complexity index is 922. The largest absolute Gasteiger partial charge is 0.366 e. The quantitative estimate of drug-likeness (QED) is 0.722. The van der Waals surface area contributed by atoms with Crippen LogP contribution in [0, 0.1) is 5.82 Å². The summed E-state index contributed by atoms with van der Waals surface area (Å²) in [5.41, 5.74) is 1.70. The summed E-state index contributed by atoms with van der Waals surface area (Å²) in [5.74, 6) is -0.367. The number of halogens is 1. The van der Waals surface area contributed by atoms with Gasteiger partial charge < -0.3 is 9.80 Å². The summed E-state index contributed by atoms with van der Waals surface area (Å²) in [5, 5.41) is 9.07. The van der Waals surface area contributed by atoms with Gasteiger partial charge in [-0.15, -0.1) is 10.2 Å². The molecule has 0 unspecified atom stereocenters. The number of piperazine rings is 1. The molecule has 2 aromatic carbocycles. The van der Waals surface area contributed by atoms with Gasteiger partial charge in [-0.3, -0.25) is 4.79 Å². The Morgan fingerprint density at radius 1 is 0.920 bits per heavy atom. The summed E-state index contributed by atoms with van der Waals surface area (Å²) in [6.45, 7) is 2.24. The van der Waals surface area contributed by atoms with E-state index in [1.807, 2.05) is 35.2 Å². The summed E-state index contributed by atoms with van der Waals surface area (Å²) in [4.78, 5) is 16.4. The second-order valence-corrected chi connectivity index (χ2v) is 6.02. The molecule has 1 saturated heterocycles. The molecule has 126 valence electrons. The molecular weight excluding hydrogens is 319 g/mol. The van der Waals surface area contributed by atoms with E-state index in [1.165, 1.54) is 6.07 Å². The zero-order valence-electron chi connectivity index (χ0n) is 13.6. The summed E-state index contributed by atoms with van der Waals surface area (Å²) >= 11 is 0. The normalized spacial score (nSPS) is 14.8. The third-order valence-corrected chi connectivity index (χ3v) is 4.47. The van der Waals surface area contributed by atoms with Crippen LogP contribution in [0.4, 0.5) is 10.1 Å². The van der Waals surface area contributed by atoms with E-state index in [2.05, 4.69) is 10.2 Å². The number of carbonyl (C=O) groups excluding carboxylic acids is 1. The molecule has 0 N–H and O–H groups in total. The van der Waals surface area contributed by atoms with Crippen LogP contribution in [0.1, 0.15) is 10.5 Å². The first kappa shape index (κ1) is 15.5. The predicted molar refractivity (Wildman–Crippen MR) is 94.1 cm³/mol. The van der Waals surface area contributed by atoms with Crippen molar-refractivity contribution in [2.75, 3.05) is 31.1 Å². The highest BCUT2D eigenvalue weighted by atomic mass is 19.1. The SMILES string of the molecule is O=C(c1cc2ccccc2nn1)N1CCN(c2ccccc2F)CC1. The lowest BCUT2D eigenvalue weighted by molar-refractivity contribution is 0.0740. The minimum atomic E-state index is -0.234. The highest BCUT2D eigenvalue weighted by Gasteiger charge is 2.24. The predicted octanol–water partition coefficient (Wildman–Crippen LogP) is 2.73. The molecule has 0 aliphatic carbocycles. The Balaban J connectivity index is 1.48. The third-order valence-electron chi connectivity index (χ3n) is 4.47. The number of para-hydroxylation sites is 1. The second kappa shape index (κ2) is 6.47. The van der Waals surface area contributed by atoms with Gasteiger partial charge in [0, 0.05) is 31.6 Å². The van der Waals surface area contributed by atoms with Crippen molar-refractivity contribution in [3.8, 4) is 0 Å². The lowest BCUT2D eigenvalue weighted by Gasteiger charge is -2.36. The van der Waals surface area contributed by atoms with Crippen LogP contribution >= 0.6 is 0 Å². The van der Waals surface area contributed by atoms with Crippen molar-refractivity contribution in [1.82, 2.24) is 15.1 Å². The summed E-state index contributed by atoms with van der Waals surface area (Å²) in [6, 6.07) is 16.1. The Kier molecular flexibility index (Phi) is 4.01. The van der Waals surface area contributed by atoms with E-state index in [0.717, 1.165) is 10.9 Å². The summed E-state index contributed by atoms with van der Waals surface area (Å²) in [6.07, 6.45) is 0. The average molecular weight is 336 g/mol. The minimum Gasteiger partial charge on any atom is -0.366 e. The molecule has 0 spiro atoms. The highest BCUT2D eigenvalue weighted by molar-refractivity contribution is 5.95. The van der Waals surface area contributed by atoms with Gasteiger partial charge in [0.15, 0.2) is 5.69 Å². The van der Waals surface area contributed by atoms with Crippen molar-refractivity contribution in [3.63, 3.8) is 0 Å². The number of nitrogens with zero attached hydrogens (tertiary/aromatic N) is 4. The number of aromatic nitrogens is 2. The fourth-order valence-corrected chi connectivity index (χ4v) is 3.11. The summed E-state index contributed by atoms with van der Waals surface area (Å²) in [7, 11) is 0. The smallest absolute Gasteiger partial charge is 0.274 e. The number of anilines is 1. The van der Waals surface area contributed by atoms with E-state index < -0.39 is 0 Å². The number of hydrogen-bond donors (Lipinski definition) is 0. The first-order valence-corrected chi connectivity index (χ1v) is 8.23. The zero-order valence-corrected chi connectivity index (χ0v) is 13.6. The highest BCUT2D eigenvalue weighted by Crippen LogP contribution is 2.21. The molecule has 0 bridgehead atoms. The first-order chi connectivity index (χ1) is 12.2. The monoisotopic (exact) mass is 336 g/mol. The Morgan fingerprint density at radius 3 is 2.44 bits per heavy atom. The van der Waals surface area contributed by atoms with Crippen molar-refractivity contribution < 1.29 is 9.18 Å². The molecule has 6 heteroatoms. The standard InChI is InChI=1S/C19H17FN4O/c20-15-6-2-4-8-18(15)23-9-11-24(12-10-23)19(25)17-13-14-5-1-3-7-16(14)21-22-17/h1-8,13H,9-12H2. The molecule has 0 radical (unpaired) electrons. The van der Waals surface area contributed by atoms with Crippen LogP contribution in [0.5, 0.6) is 0 Å². The zero-order chi connectivity index (χ0) is 17.2. The fraction of sp³-hybridized carbons (Fsp3) is 0.211. The number of fused-ring (bicyclic) bond motifs is 1. The number of hydrogen-bond acceptors (Lipinski definition) is 4. The fourth-order valence-electron chi connectivity index (χ4n) is 3.11. The Labute approximate surface area is 144 Å². The van der Waals surface area contributed by atoms with Crippen molar-refractivity contribution in [1.29, 1.82) is 0 Å². The van der Waals surface area contributed by atoms with Gasteiger partial charge in [-0.05, 0) is 24.3 Å². The maximum atomic E-state index is 13.9. The molecule has 1 amide bonds. The molecule has 4 rings (SSSR count). The second-order valence-electron chi connectivity index (χ2n) is 6.02. The van der Waals surface area contributed by atoms with Crippen molar-refractivity contribution >= 4 is 22.5 Å². The van der Waals surface area contributed by atoms with Gasteiger partial charge in [0.2, 0.25) is 0 Å². The van der Waals surface area contributed by atoms with E-state index in [1.54, 1.807) is 23.1 Å². The van der Waals surface area contributed by atoms with E-state index in [-0.39, 0.29) is 11.7 Å². The number of carbonyl (C=O) groups is 1. The Hall–Kier alpha value is -3.02. The molecule has 3 aromatic rings. The van der Waals surface area contributed by atoms with Gasteiger partial charge in [0.25, 0.3) is 5.91 Å². The van der Waals surface area contributed by atoms with Crippen LogP contribution in [0.2, 0.25) is 0 Å². The number of benzene rings is 2. The minimum absolute atomic E-state index is 0.133. The van der Waals surface area contributed by atoms with Crippen LogP contribution in [0.25, 0.3) is 10.9 Å². The number of rotatable bonds is 2. The van der Waals surface area contributed by atoms with Crippen LogP contribution in [-0.2, 0) is 0 Å². The molecule has 0 atom stereocenters. The molecule has 2 heterocycles. The van der Waals surface area contributed by atoms with Crippen LogP contribution in [0.3, 0.4) is 0 Å². The van der Waals surface area contributed by atoms with Crippen molar-refractivity contribution in [2.24, 2.45) is 0 Å². The maximum absolute atomic E-state index is 13.9. The molecule has 25 heavy (non-hydrogen) atoms. The third kappa shape index (κ3) is 3.03. The molecular formula is C19H17FN4O. The van der Waals surface area contributed by atoms with E-state index in [0.29, 0.717) is 37.6 Å². The van der Waals surface area contributed by atoms with Gasteiger partial charge in [-0.25, -0.2) is 4.39 Å². The van der Waals surface area contributed by atoms with Gasteiger partial charge in [-0.1, -0.05) is 30.3 Å².